The molecule has 1 aliphatic carbocycles. The van der Waals surface area contributed by atoms with Crippen molar-refractivity contribution in [1.29, 1.82) is 0 Å². The number of hydrogen-bond donors (Lipinski definition) is 2. The van der Waals surface area contributed by atoms with E-state index < -0.39 is 0 Å². The minimum absolute atomic E-state index is 0.157. The van der Waals surface area contributed by atoms with Crippen molar-refractivity contribution < 1.29 is 5.21 Å². The van der Waals surface area contributed by atoms with Crippen LogP contribution < -0.4 is 5.73 Å². The number of benzene rings is 1. The fourth-order valence-corrected chi connectivity index (χ4v) is 2.33. The van der Waals surface area contributed by atoms with E-state index in [-0.39, 0.29) is 5.84 Å². The van der Waals surface area contributed by atoms with Crippen LogP contribution in [0, 0.1) is 5.92 Å². The van der Waals surface area contributed by atoms with Gasteiger partial charge in [-0.1, -0.05) is 35.8 Å². The van der Waals surface area contributed by atoms with Crippen LogP contribution in [0.5, 0.6) is 0 Å². The van der Waals surface area contributed by atoms with Crippen molar-refractivity contribution in [2.75, 3.05) is 13.6 Å². The molecule has 0 bridgehead atoms. The van der Waals surface area contributed by atoms with E-state index in [4.69, 9.17) is 10.9 Å². The standard InChI is InChI=1S/C14H21N3O/c1-17(9-11-3-2-4-11)10-12-5-7-13(8-6-12)14(15)16-18/h5-8,11,18H,2-4,9-10H2,1H3,(H2,15,16). The summed E-state index contributed by atoms with van der Waals surface area (Å²) in [6.07, 6.45) is 4.16. The normalized spacial score (nSPS) is 16.9. The summed E-state index contributed by atoms with van der Waals surface area (Å²) in [7, 11) is 2.16. The summed E-state index contributed by atoms with van der Waals surface area (Å²) in [5.74, 6) is 1.05. The third-order valence-corrected chi connectivity index (χ3v) is 3.60. The molecule has 1 saturated carbocycles. The number of nitrogens with two attached hydrogens (primary N) is 1. The molecule has 0 aromatic heterocycles. The van der Waals surface area contributed by atoms with Gasteiger partial charge in [0, 0.05) is 18.7 Å². The molecule has 0 atom stereocenters. The Hall–Kier alpha value is -1.55. The highest BCUT2D eigenvalue weighted by molar-refractivity contribution is 5.96. The molecule has 3 N–H and O–H groups in total. The minimum atomic E-state index is 0.157. The molecule has 4 nitrogen and oxygen atoms in total. The summed E-state index contributed by atoms with van der Waals surface area (Å²) >= 11 is 0. The van der Waals surface area contributed by atoms with Crippen molar-refractivity contribution >= 4 is 5.84 Å². The average Bonchev–Trinajstić information content (AvgIpc) is 2.34. The van der Waals surface area contributed by atoms with Crippen LogP contribution in [0.2, 0.25) is 0 Å². The molecule has 1 aromatic carbocycles. The monoisotopic (exact) mass is 247 g/mol. The second kappa shape index (κ2) is 5.87. The van der Waals surface area contributed by atoms with Crippen LogP contribution in [-0.4, -0.2) is 29.5 Å². The third kappa shape index (κ3) is 3.23. The largest absolute Gasteiger partial charge is 0.409 e. The molecule has 0 radical (unpaired) electrons. The lowest BCUT2D eigenvalue weighted by atomic mass is 9.85. The number of amidine groups is 1. The van der Waals surface area contributed by atoms with Crippen LogP contribution >= 0.6 is 0 Å². The minimum Gasteiger partial charge on any atom is -0.409 e. The SMILES string of the molecule is CN(Cc1ccc(C(N)=NO)cc1)CC1CCC1. The summed E-state index contributed by atoms with van der Waals surface area (Å²) in [5.41, 5.74) is 7.54. The van der Waals surface area contributed by atoms with E-state index in [1.54, 1.807) is 0 Å². The predicted molar refractivity (Wildman–Crippen MR) is 72.6 cm³/mol. The highest BCUT2D eigenvalue weighted by Gasteiger charge is 2.18. The van der Waals surface area contributed by atoms with Gasteiger partial charge < -0.3 is 15.8 Å². The predicted octanol–water partition coefficient (Wildman–Crippen LogP) is 2.01. The first-order valence-corrected chi connectivity index (χ1v) is 6.44. The Morgan fingerprint density at radius 1 is 1.39 bits per heavy atom. The van der Waals surface area contributed by atoms with Gasteiger partial charge in [-0.3, -0.25) is 0 Å². The van der Waals surface area contributed by atoms with Gasteiger partial charge in [0.15, 0.2) is 5.84 Å². The van der Waals surface area contributed by atoms with Gasteiger partial charge in [-0.05, 0) is 31.4 Å². The molecule has 1 fully saturated rings. The second-order valence-corrected chi connectivity index (χ2v) is 5.18. The Morgan fingerprint density at radius 2 is 2.06 bits per heavy atom. The summed E-state index contributed by atoms with van der Waals surface area (Å²) in [4.78, 5) is 2.36. The summed E-state index contributed by atoms with van der Waals surface area (Å²) in [6, 6.07) is 7.85. The Labute approximate surface area is 108 Å². The number of rotatable bonds is 5. The molecule has 0 aliphatic heterocycles. The van der Waals surface area contributed by atoms with E-state index in [1.165, 1.54) is 31.4 Å². The van der Waals surface area contributed by atoms with Crippen molar-refractivity contribution in [3.05, 3.63) is 35.4 Å². The summed E-state index contributed by atoms with van der Waals surface area (Å²) in [5, 5.41) is 11.6. The average molecular weight is 247 g/mol. The molecule has 0 spiro atoms. The van der Waals surface area contributed by atoms with Crippen molar-refractivity contribution in [3.63, 3.8) is 0 Å². The third-order valence-electron chi connectivity index (χ3n) is 3.60. The Balaban J connectivity index is 1.88. The van der Waals surface area contributed by atoms with Crippen LogP contribution in [0.15, 0.2) is 29.4 Å². The molecule has 98 valence electrons. The fourth-order valence-electron chi connectivity index (χ4n) is 2.33. The van der Waals surface area contributed by atoms with Gasteiger partial charge in [-0.15, -0.1) is 0 Å². The molecule has 2 rings (SSSR count). The molecule has 18 heavy (non-hydrogen) atoms. The van der Waals surface area contributed by atoms with Crippen LogP contribution in [0.3, 0.4) is 0 Å². The zero-order chi connectivity index (χ0) is 13.0. The van der Waals surface area contributed by atoms with Crippen LogP contribution in [0.1, 0.15) is 30.4 Å². The van der Waals surface area contributed by atoms with Gasteiger partial charge in [0.25, 0.3) is 0 Å². The van der Waals surface area contributed by atoms with Crippen molar-refractivity contribution in [2.24, 2.45) is 16.8 Å². The highest BCUT2D eigenvalue weighted by Crippen LogP contribution is 2.27. The quantitative estimate of drug-likeness (QED) is 0.362. The first-order chi connectivity index (χ1) is 8.69. The van der Waals surface area contributed by atoms with Crippen LogP contribution in [0.25, 0.3) is 0 Å². The molecule has 1 aliphatic rings. The molecule has 0 amide bonds. The van der Waals surface area contributed by atoms with E-state index in [0.717, 1.165) is 18.0 Å². The van der Waals surface area contributed by atoms with Gasteiger partial charge in [-0.2, -0.15) is 0 Å². The Kier molecular flexibility index (Phi) is 4.20. The smallest absolute Gasteiger partial charge is 0.170 e. The van der Waals surface area contributed by atoms with E-state index in [1.807, 2.05) is 24.3 Å². The first-order valence-electron chi connectivity index (χ1n) is 6.44. The fraction of sp³-hybridized carbons (Fsp3) is 0.500. The second-order valence-electron chi connectivity index (χ2n) is 5.18. The first kappa shape index (κ1) is 12.9. The Morgan fingerprint density at radius 3 is 2.56 bits per heavy atom. The van der Waals surface area contributed by atoms with E-state index in [2.05, 4.69) is 17.1 Å². The number of hydrogen-bond acceptors (Lipinski definition) is 3. The zero-order valence-corrected chi connectivity index (χ0v) is 10.8. The lowest BCUT2D eigenvalue weighted by Crippen LogP contribution is -2.29. The number of oxime groups is 1. The molecular weight excluding hydrogens is 226 g/mol. The van der Waals surface area contributed by atoms with Crippen molar-refractivity contribution in [1.82, 2.24) is 4.90 Å². The van der Waals surface area contributed by atoms with Crippen molar-refractivity contribution in [2.45, 2.75) is 25.8 Å². The topological polar surface area (TPSA) is 61.8 Å². The lowest BCUT2D eigenvalue weighted by Gasteiger charge is -2.30. The Bertz CT molecular complexity index is 410. The van der Waals surface area contributed by atoms with Gasteiger partial charge in [0.05, 0.1) is 0 Å². The lowest BCUT2D eigenvalue weighted by molar-refractivity contribution is 0.200. The molecule has 4 heteroatoms. The van der Waals surface area contributed by atoms with Crippen molar-refractivity contribution in [3.8, 4) is 0 Å². The van der Waals surface area contributed by atoms with E-state index in [0.29, 0.717) is 0 Å². The van der Waals surface area contributed by atoms with E-state index in [9.17, 15) is 0 Å². The van der Waals surface area contributed by atoms with Crippen LogP contribution in [0.4, 0.5) is 0 Å². The maximum atomic E-state index is 8.59. The van der Waals surface area contributed by atoms with Gasteiger partial charge in [0.2, 0.25) is 0 Å². The molecule has 0 unspecified atom stereocenters. The maximum Gasteiger partial charge on any atom is 0.170 e. The summed E-state index contributed by atoms with van der Waals surface area (Å²) < 4.78 is 0. The zero-order valence-electron chi connectivity index (χ0n) is 10.8. The molecule has 0 saturated heterocycles. The molecular formula is C14H21N3O. The molecule has 1 aromatic rings. The molecule has 0 heterocycles. The number of nitrogens with zero attached hydrogens (tertiary/aromatic N) is 2. The van der Waals surface area contributed by atoms with Gasteiger partial charge in [-0.25, -0.2) is 0 Å². The van der Waals surface area contributed by atoms with Gasteiger partial charge >= 0.3 is 0 Å². The van der Waals surface area contributed by atoms with Crippen LogP contribution in [-0.2, 0) is 6.54 Å². The van der Waals surface area contributed by atoms with Gasteiger partial charge in [0.1, 0.15) is 0 Å². The summed E-state index contributed by atoms with van der Waals surface area (Å²) in [6.45, 7) is 2.13. The maximum absolute atomic E-state index is 8.59. The highest BCUT2D eigenvalue weighted by atomic mass is 16.4. The van der Waals surface area contributed by atoms with E-state index >= 15 is 0 Å².